The van der Waals surface area contributed by atoms with Crippen LogP contribution < -0.4 is 0 Å². The molecule has 5 heteroatoms. The van der Waals surface area contributed by atoms with Gasteiger partial charge in [0.05, 0.1) is 0 Å². The van der Waals surface area contributed by atoms with Gasteiger partial charge in [-0.1, -0.05) is 6.92 Å². The lowest BCUT2D eigenvalue weighted by molar-refractivity contribution is -0.147. The molecule has 1 aliphatic rings. The Morgan fingerprint density at radius 2 is 2.23 bits per heavy atom. The molecule has 2 nitrogen and oxygen atoms in total. The number of piperidine rings is 1. The Hall–Kier alpha value is -0.190. The van der Waals surface area contributed by atoms with Crippen LogP contribution in [0.15, 0.2) is 0 Å². The minimum Gasteiger partial charge on any atom is -0.336 e. The van der Waals surface area contributed by atoms with E-state index in [1.54, 1.807) is 0 Å². The summed E-state index contributed by atoms with van der Waals surface area (Å²) >= 11 is 2.07. The Bertz CT molecular complexity index is 205. The number of alkyl halides is 3. The number of nitrogens with zero attached hydrogens (tertiary/aromatic N) is 1. The first kappa shape index (κ1) is 10.9. The van der Waals surface area contributed by atoms with Crippen LogP contribution in [0.25, 0.3) is 0 Å². The second kappa shape index (κ2) is 3.90. The van der Waals surface area contributed by atoms with Gasteiger partial charge in [-0.3, -0.25) is 4.79 Å². The van der Waals surface area contributed by atoms with E-state index in [9.17, 15) is 13.6 Å². The molecular formula is C8H12BrF2NO. The predicted octanol–water partition coefficient (Wildman–Crippen LogP) is 2.23. The van der Waals surface area contributed by atoms with Crippen LogP contribution in [-0.2, 0) is 4.79 Å². The number of rotatable bonds is 1. The van der Waals surface area contributed by atoms with E-state index in [2.05, 4.69) is 15.9 Å². The molecule has 1 aliphatic heterocycles. The van der Waals surface area contributed by atoms with E-state index in [1.807, 2.05) is 6.92 Å². The lowest BCUT2D eigenvalue weighted by Gasteiger charge is -2.31. The van der Waals surface area contributed by atoms with Crippen molar-refractivity contribution in [2.75, 3.05) is 13.1 Å². The highest BCUT2D eigenvalue weighted by molar-refractivity contribution is 9.10. The fraction of sp³-hybridized carbons (Fsp3) is 0.875. The molecule has 1 rings (SSSR count). The summed E-state index contributed by atoms with van der Waals surface area (Å²) in [5.74, 6) is -0.786. The van der Waals surface area contributed by atoms with Gasteiger partial charge in [-0.2, -0.15) is 8.78 Å². The van der Waals surface area contributed by atoms with E-state index in [0.717, 1.165) is 12.8 Å². The lowest BCUT2D eigenvalue weighted by atomic mass is 10.0. The van der Waals surface area contributed by atoms with Crippen LogP contribution in [0, 0.1) is 5.92 Å². The number of amides is 1. The van der Waals surface area contributed by atoms with Gasteiger partial charge in [-0.25, -0.2) is 0 Å². The highest BCUT2D eigenvalue weighted by atomic mass is 79.9. The van der Waals surface area contributed by atoms with Crippen LogP contribution in [-0.4, -0.2) is 28.7 Å². The molecule has 0 bridgehead atoms. The second-order valence-electron chi connectivity index (χ2n) is 3.50. The molecule has 1 fully saturated rings. The van der Waals surface area contributed by atoms with Gasteiger partial charge in [0, 0.05) is 29.0 Å². The van der Waals surface area contributed by atoms with Gasteiger partial charge in [-0.05, 0) is 18.8 Å². The van der Waals surface area contributed by atoms with E-state index < -0.39 is 10.7 Å². The van der Waals surface area contributed by atoms with Crippen molar-refractivity contribution in [3.63, 3.8) is 0 Å². The average molecular weight is 256 g/mol. The molecule has 1 atom stereocenters. The van der Waals surface area contributed by atoms with Crippen LogP contribution in [0.1, 0.15) is 19.8 Å². The SMILES string of the molecule is C[C@H]1CCCN(C(=O)C(F)(F)Br)C1. The molecule has 1 heterocycles. The highest BCUT2D eigenvalue weighted by Crippen LogP contribution is 2.27. The van der Waals surface area contributed by atoms with E-state index in [0.29, 0.717) is 19.0 Å². The molecule has 0 spiro atoms. The van der Waals surface area contributed by atoms with Crippen molar-refractivity contribution in [2.45, 2.75) is 24.6 Å². The summed E-state index contributed by atoms with van der Waals surface area (Å²) in [5, 5.41) is 0. The van der Waals surface area contributed by atoms with E-state index >= 15 is 0 Å². The molecule has 0 saturated carbocycles. The minimum atomic E-state index is -3.40. The van der Waals surface area contributed by atoms with Crippen LogP contribution in [0.2, 0.25) is 0 Å². The number of likely N-dealkylation sites (tertiary alicyclic amines) is 1. The molecule has 0 radical (unpaired) electrons. The van der Waals surface area contributed by atoms with Crippen molar-refractivity contribution in [1.82, 2.24) is 4.90 Å². The maximum atomic E-state index is 12.6. The average Bonchev–Trinajstić information content (AvgIpc) is 2.01. The third-order valence-electron chi connectivity index (χ3n) is 2.19. The maximum absolute atomic E-state index is 12.6. The molecule has 0 aromatic carbocycles. The smallest absolute Gasteiger partial charge is 0.336 e. The summed E-state index contributed by atoms with van der Waals surface area (Å²) < 4.78 is 25.1. The molecule has 0 aromatic rings. The number of hydrogen-bond donors (Lipinski definition) is 0. The fourth-order valence-corrected chi connectivity index (χ4v) is 1.80. The highest BCUT2D eigenvalue weighted by Gasteiger charge is 2.39. The summed E-state index contributed by atoms with van der Waals surface area (Å²) in [4.78, 5) is 8.92. The monoisotopic (exact) mass is 255 g/mol. The van der Waals surface area contributed by atoms with Crippen molar-refractivity contribution < 1.29 is 13.6 Å². The zero-order valence-corrected chi connectivity index (χ0v) is 8.98. The van der Waals surface area contributed by atoms with Crippen LogP contribution >= 0.6 is 15.9 Å². The van der Waals surface area contributed by atoms with Gasteiger partial charge in [0.15, 0.2) is 0 Å². The zero-order chi connectivity index (χ0) is 10.1. The normalized spacial score (nSPS) is 24.6. The van der Waals surface area contributed by atoms with Gasteiger partial charge < -0.3 is 4.90 Å². The Morgan fingerprint density at radius 3 is 2.69 bits per heavy atom. The molecule has 0 aliphatic carbocycles. The molecule has 13 heavy (non-hydrogen) atoms. The Morgan fingerprint density at radius 1 is 1.62 bits per heavy atom. The van der Waals surface area contributed by atoms with E-state index in [-0.39, 0.29) is 0 Å². The van der Waals surface area contributed by atoms with Crippen molar-refractivity contribution in [1.29, 1.82) is 0 Å². The van der Waals surface area contributed by atoms with E-state index in [4.69, 9.17) is 0 Å². The third kappa shape index (κ3) is 2.90. The van der Waals surface area contributed by atoms with Gasteiger partial charge in [0.2, 0.25) is 0 Å². The van der Waals surface area contributed by atoms with Crippen LogP contribution in [0.4, 0.5) is 8.78 Å². The van der Waals surface area contributed by atoms with Crippen molar-refractivity contribution in [3.8, 4) is 0 Å². The van der Waals surface area contributed by atoms with Crippen LogP contribution in [0.5, 0.6) is 0 Å². The Labute approximate surface area is 84.4 Å². The molecule has 1 amide bonds. The largest absolute Gasteiger partial charge is 0.377 e. The molecule has 76 valence electrons. The third-order valence-corrected chi connectivity index (χ3v) is 2.53. The summed E-state index contributed by atoms with van der Waals surface area (Å²) in [5.41, 5.74) is 0. The van der Waals surface area contributed by atoms with Crippen molar-refractivity contribution in [2.24, 2.45) is 5.92 Å². The zero-order valence-electron chi connectivity index (χ0n) is 7.40. The van der Waals surface area contributed by atoms with E-state index in [1.165, 1.54) is 4.90 Å². The van der Waals surface area contributed by atoms with Gasteiger partial charge in [0.1, 0.15) is 0 Å². The number of hydrogen-bond acceptors (Lipinski definition) is 1. The molecule has 1 saturated heterocycles. The van der Waals surface area contributed by atoms with Crippen LogP contribution in [0.3, 0.4) is 0 Å². The first-order valence-electron chi connectivity index (χ1n) is 4.27. The summed E-state index contributed by atoms with van der Waals surface area (Å²) in [6.45, 7) is 2.86. The van der Waals surface area contributed by atoms with Gasteiger partial charge in [0.25, 0.3) is 0 Å². The summed E-state index contributed by atoms with van der Waals surface area (Å²) in [6, 6.07) is 0. The fourth-order valence-electron chi connectivity index (χ4n) is 1.55. The summed E-state index contributed by atoms with van der Waals surface area (Å²) in [7, 11) is 0. The Kier molecular flexibility index (Phi) is 3.27. The van der Waals surface area contributed by atoms with Gasteiger partial charge >= 0.3 is 10.7 Å². The molecule has 0 N–H and O–H groups in total. The standard InChI is InChI=1S/C8H12BrF2NO/c1-6-3-2-4-12(5-6)7(13)8(9,10)11/h6H,2-5H2,1H3/t6-/m0/s1. The minimum absolute atomic E-state index is 0.326. The maximum Gasteiger partial charge on any atom is 0.377 e. The predicted molar refractivity (Wildman–Crippen MR) is 48.9 cm³/mol. The number of halogens is 3. The molecule has 0 aromatic heterocycles. The Balaban J connectivity index is 2.56. The topological polar surface area (TPSA) is 20.3 Å². The first-order chi connectivity index (χ1) is 5.91. The van der Waals surface area contributed by atoms with Crippen molar-refractivity contribution >= 4 is 21.8 Å². The number of carbonyl (C=O) groups excluding carboxylic acids is 1. The summed E-state index contributed by atoms with van der Waals surface area (Å²) in [6.07, 6.45) is 1.83. The number of carbonyl (C=O) groups is 1. The molecule has 0 unspecified atom stereocenters. The quantitative estimate of drug-likeness (QED) is 0.659. The van der Waals surface area contributed by atoms with Gasteiger partial charge in [-0.15, -0.1) is 0 Å². The molecular weight excluding hydrogens is 244 g/mol. The first-order valence-corrected chi connectivity index (χ1v) is 5.06. The van der Waals surface area contributed by atoms with Crippen molar-refractivity contribution in [3.05, 3.63) is 0 Å². The second-order valence-corrected chi connectivity index (χ2v) is 4.49. The lowest BCUT2D eigenvalue weighted by Crippen LogP contribution is -2.45.